The summed E-state index contributed by atoms with van der Waals surface area (Å²) in [5, 5.41) is 20.1. The van der Waals surface area contributed by atoms with Gasteiger partial charge in [-0.05, 0) is 25.5 Å². The molecule has 1 aromatic carbocycles. The molecule has 0 saturated carbocycles. The number of hydrogen-bond acceptors (Lipinski definition) is 8. The zero-order valence-corrected chi connectivity index (χ0v) is 16.0. The van der Waals surface area contributed by atoms with Crippen LogP contribution in [0.15, 0.2) is 30.3 Å². The van der Waals surface area contributed by atoms with Gasteiger partial charge in [0.1, 0.15) is 11.6 Å². The first-order chi connectivity index (χ1) is 14.4. The zero-order valence-electron chi connectivity index (χ0n) is 16.0. The number of β-amino-alcohol motifs (C(OH)–C–C–N with tert-alkyl or cyclic N) is 1. The predicted molar refractivity (Wildman–Crippen MR) is 108 cm³/mol. The molecule has 0 amide bonds. The summed E-state index contributed by atoms with van der Waals surface area (Å²) in [5.41, 5.74) is 6.88. The SMILES string of the molecule is C/C=C/c1cc(Nc2nc(N)nc(N3CC(O)CC3c3ccc(F)cc3F)n2)n[nH]1. The number of H-pyrrole nitrogens is 1. The molecule has 9 nitrogen and oxygen atoms in total. The Morgan fingerprint density at radius 3 is 2.87 bits per heavy atom. The minimum atomic E-state index is -0.733. The van der Waals surface area contributed by atoms with Crippen LogP contribution in [0.25, 0.3) is 6.08 Å². The molecule has 1 aliphatic heterocycles. The van der Waals surface area contributed by atoms with E-state index in [9.17, 15) is 13.9 Å². The van der Waals surface area contributed by atoms with Gasteiger partial charge in [0.05, 0.1) is 17.8 Å². The molecule has 3 heterocycles. The Morgan fingerprint density at radius 1 is 1.27 bits per heavy atom. The van der Waals surface area contributed by atoms with E-state index in [1.54, 1.807) is 11.0 Å². The lowest BCUT2D eigenvalue weighted by atomic mass is 10.0. The van der Waals surface area contributed by atoms with E-state index in [0.717, 1.165) is 11.8 Å². The summed E-state index contributed by atoms with van der Waals surface area (Å²) in [4.78, 5) is 14.2. The summed E-state index contributed by atoms with van der Waals surface area (Å²) in [6, 6.07) is 4.52. The first-order valence-electron chi connectivity index (χ1n) is 9.29. The standard InChI is InChI=1S/C19H20F2N8O/c1-2-3-11-7-16(28-27-11)23-18-24-17(22)25-19(26-18)29-9-12(30)8-15(29)13-5-4-10(20)6-14(13)21/h2-7,12,15,30H,8-9H2,1H3,(H4,22,23,24,25,26,27,28)/b3-2+. The number of rotatable bonds is 5. The quantitative estimate of drug-likeness (QED) is 0.501. The van der Waals surface area contributed by atoms with Crippen LogP contribution in [0.3, 0.4) is 0 Å². The van der Waals surface area contributed by atoms with E-state index in [1.165, 1.54) is 12.1 Å². The van der Waals surface area contributed by atoms with E-state index in [1.807, 2.05) is 19.1 Å². The molecule has 0 spiro atoms. The van der Waals surface area contributed by atoms with E-state index in [-0.39, 0.29) is 36.4 Å². The van der Waals surface area contributed by atoms with Gasteiger partial charge in [-0.25, -0.2) is 8.78 Å². The molecular weight excluding hydrogens is 394 g/mol. The van der Waals surface area contributed by atoms with Crippen molar-refractivity contribution in [3.8, 4) is 0 Å². The molecule has 0 bridgehead atoms. The Bertz CT molecular complexity index is 1090. The monoisotopic (exact) mass is 414 g/mol. The number of nitrogen functional groups attached to an aromatic ring is 1. The predicted octanol–water partition coefficient (Wildman–Crippen LogP) is 2.54. The molecule has 1 saturated heterocycles. The van der Waals surface area contributed by atoms with Gasteiger partial charge in [-0.15, -0.1) is 0 Å². The number of nitrogens with two attached hydrogens (primary N) is 1. The molecule has 11 heteroatoms. The van der Waals surface area contributed by atoms with Gasteiger partial charge < -0.3 is 21.1 Å². The van der Waals surface area contributed by atoms with Crippen molar-refractivity contribution in [3.05, 3.63) is 53.2 Å². The molecule has 0 aliphatic carbocycles. The second-order valence-corrected chi connectivity index (χ2v) is 6.87. The maximum absolute atomic E-state index is 14.4. The van der Waals surface area contributed by atoms with E-state index >= 15 is 0 Å². The minimum Gasteiger partial charge on any atom is -0.391 e. The van der Waals surface area contributed by atoms with E-state index in [2.05, 4.69) is 30.5 Å². The van der Waals surface area contributed by atoms with Crippen molar-refractivity contribution >= 4 is 29.7 Å². The third-order valence-electron chi connectivity index (χ3n) is 4.68. The molecule has 156 valence electrons. The molecule has 2 unspecified atom stereocenters. The Kier molecular flexibility index (Phi) is 5.27. The van der Waals surface area contributed by atoms with Gasteiger partial charge in [0.15, 0.2) is 5.82 Å². The van der Waals surface area contributed by atoms with Gasteiger partial charge in [-0.3, -0.25) is 5.10 Å². The first-order valence-corrected chi connectivity index (χ1v) is 9.29. The Balaban J connectivity index is 1.64. The molecule has 4 rings (SSSR count). The minimum absolute atomic E-state index is 0.0496. The largest absolute Gasteiger partial charge is 0.391 e. The fourth-order valence-corrected chi connectivity index (χ4v) is 3.45. The summed E-state index contributed by atoms with van der Waals surface area (Å²) in [5.74, 6) is -0.634. The van der Waals surface area contributed by atoms with Crippen molar-refractivity contribution in [1.82, 2.24) is 25.1 Å². The van der Waals surface area contributed by atoms with Crippen molar-refractivity contribution in [2.45, 2.75) is 25.5 Å². The molecule has 30 heavy (non-hydrogen) atoms. The number of nitrogens with one attached hydrogen (secondary N) is 2. The second kappa shape index (κ2) is 8.03. The topological polar surface area (TPSA) is 129 Å². The third kappa shape index (κ3) is 4.06. The lowest BCUT2D eigenvalue weighted by Crippen LogP contribution is -2.27. The Labute approximate surface area is 170 Å². The molecular formula is C19H20F2N8O. The van der Waals surface area contributed by atoms with Crippen LogP contribution in [0.5, 0.6) is 0 Å². The van der Waals surface area contributed by atoms with Crippen molar-refractivity contribution in [3.63, 3.8) is 0 Å². The summed E-state index contributed by atoms with van der Waals surface area (Å²) in [6.07, 6.45) is 3.22. The van der Waals surface area contributed by atoms with Gasteiger partial charge in [-0.2, -0.15) is 20.1 Å². The van der Waals surface area contributed by atoms with Crippen LogP contribution in [0, 0.1) is 11.6 Å². The number of benzene rings is 1. The molecule has 0 radical (unpaired) electrons. The van der Waals surface area contributed by atoms with Crippen molar-refractivity contribution in [2.75, 3.05) is 22.5 Å². The van der Waals surface area contributed by atoms with Crippen LogP contribution in [-0.4, -0.2) is 42.9 Å². The van der Waals surface area contributed by atoms with Gasteiger partial charge in [0.25, 0.3) is 0 Å². The van der Waals surface area contributed by atoms with Crippen LogP contribution >= 0.6 is 0 Å². The van der Waals surface area contributed by atoms with Gasteiger partial charge in [0, 0.05) is 24.2 Å². The van der Waals surface area contributed by atoms with Crippen molar-refractivity contribution in [1.29, 1.82) is 0 Å². The number of aromatic nitrogens is 5. The zero-order chi connectivity index (χ0) is 21.3. The Morgan fingerprint density at radius 2 is 2.10 bits per heavy atom. The van der Waals surface area contributed by atoms with Gasteiger partial charge in [-0.1, -0.05) is 12.1 Å². The molecule has 2 aromatic heterocycles. The van der Waals surface area contributed by atoms with Crippen LogP contribution in [0.1, 0.15) is 30.6 Å². The molecule has 2 atom stereocenters. The summed E-state index contributed by atoms with van der Waals surface area (Å²) in [7, 11) is 0. The highest BCUT2D eigenvalue weighted by atomic mass is 19.1. The highest BCUT2D eigenvalue weighted by Gasteiger charge is 2.36. The van der Waals surface area contributed by atoms with Crippen molar-refractivity contribution in [2.24, 2.45) is 0 Å². The Hall–Kier alpha value is -3.60. The van der Waals surface area contributed by atoms with Crippen LogP contribution in [0.4, 0.5) is 32.4 Å². The van der Waals surface area contributed by atoms with Crippen LogP contribution in [-0.2, 0) is 0 Å². The number of aliphatic hydroxyl groups excluding tert-OH is 1. The number of halogens is 2. The second-order valence-electron chi connectivity index (χ2n) is 6.87. The summed E-state index contributed by atoms with van der Waals surface area (Å²) >= 11 is 0. The fourth-order valence-electron chi connectivity index (χ4n) is 3.45. The number of aliphatic hydroxyl groups is 1. The number of nitrogens with zero attached hydrogens (tertiary/aromatic N) is 5. The van der Waals surface area contributed by atoms with Crippen LogP contribution < -0.4 is 16.0 Å². The first kappa shape index (κ1) is 19.7. The van der Waals surface area contributed by atoms with Gasteiger partial charge in [0.2, 0.25) is 17.8 Å². The molecule has 1 fully saturated rings. The normalized spacial score (nSPS) is 19.0. The molecule has 1 aliphatic rings. The van der Waals surface area contributed by atoms with E-state index < -0.39 is 23.8 Å². The lowest BCUT2D eigenvalue weighted by molar-refractivity contribution is 0.194. The highest BCUT2D eigenvalue weighted by molar-refractivity contribution is 5.56. The summed E-state index contributed by atoms with van der Waals surface area (Å²) < 4.78 is 27.7. The summed E-state index contributed by atoms with van der Waals surface area (Å²) in [6.45, 7) is 2.05. The van der Waals surface area contributed by atoms with E-state index in [0.29, 0.717) is 5.82 Å². The van der Waals surface area contributed by atoms with Crippen molar-refractivity contribution < 1.29 is 13.9 Å². The lowest BCUT2D eigenvalue weighted by Gasteiger charge is -2.25. The molecule has 5 N–H and O–H groups in total. The molecule has 3 aromatic rings. The van der Waals surface area contributed by atoms with E-state index in [4.69, 9.17) is 5.73 Å². The smallest absolute Gasteiger partial charge is 0.235 e. The highest BCUT2D eigenvalue weighted by Crippen LogP contribution is 2.36. The number of hydrogen-bond donors (Lipinski definition) is 4. The number of allylic oxidation sites excluding steroid dienone is 1. The maximum atomic E-state index is 14.4. The number of aromatic amines is 1. The average Bonchev–Trinajstić information content (AvgIpc) is 3.28. The van der Waals surface area contributed by atoms with Crippen LogP contribution in [0.2, 0.25) is 0 Å². The third-order valence-corrected chi connectivity index (χ3v) is 4.68. The number of anilines is 4. The van der Waals surface area contributed by atoms with Gasteiger partial charge >= 0.3 is 0 Å². The fraction of sp³-hybridized carbons (Fsp3) is 0.263. The average molecular weight is 414 g/mol. The maximum Gasteiger partial charge on any atom is 0.235 e.